The van der Waals surface area contributed by atoms with Gasteiger partial charge in [-0.2, -0.15) is 5.10 Å². The predicted octanol–water partition coefficient (Wildman–Crippen LogP) is 3.47. The van der Waals surface area contributed by atoms with Crippen LogP contribution in [0.5, 0.6) is 11.5 Å². The summed E-state index contributed by atoms with van der Waals surface area (Å²) in [4.78, 5) is 17.6. The second-order valence-electron chi connectivity index (χ2n) is 8.25. The molecular formula is C26H32N4O3. The summed E-state index contributed by atoms with van der Waals surface area (Å²) in [5.41, 5.74) is 3.98. The van der Waals surface area contributed by atoms with Crippen LogP contribution in [0.4, 0.5) is 0 Å². The normalized spacial score (nSPS) is 14.3. The highest BCUT2D eigenvalue weighted by atomic mass is 16.5. The quantitative estimate of drug-likeness (QED) is 0.528. The van der Waals surface area contributed by atoms with Crippen molar-refractivity contribution in [2.45, 2.75) is 26.4 Å². The number of hydrogen-bond acceptors (Lipinski definition) is 5. The maximum Gasteiger partial charge on any atom is 0.257 e. The van der Waals surface area contributed by atoms with Gasteiger partial charge in [-0.3, -0.25) is 14.4 Å². The molecule has 174 valence electrons. The summed E-state index contributed by atoms with van der Waals surface area (Å²) in [6, 6.07) is 16.1. The molecule has 1 saturated heterocycles. The molecule has 0 N–H and O–H groups in total. The Morgan fingerprint density at radius 2 is 1.73 bits per heavy atom. The third-order valence-corrected chi connectivity index (χ3v) is 6.23. The Morgan fingerprint density at radius 3 is 2.39 bits per heavy atom. The molecule has 0 atom stereocenters. The van der Waals surface area contributed by atoms with Crippen LogP contribution < -0.4 is 9.47 Å². The van der Waals surface area contributed by atoms with Crippen LogP contribution in [-0.2, 0) is 19.5 Å². The van der Waals surface area contributed by atoms with E-state index in [1.54, 1.807) is 20.4 Å². The molecule has 1 aliphatic rings. The van der Waals surface area contributed by atoms with Crippen LogP contribution in [0.3, 0.4) is 0 Å². The molecular weight excluding hydrogens is 416 g/mol. The molecule has 4 rings (SSSR count). The van der Waals surface area contributed by atoms with Gasteiger partial charge in [0.2, 0.25) is 0 Å². The first-order valence-corrected chi connectivity index (χ1v) is 11.4. The average molecular weight is 449 g/mol. The van der Waals surface area contributed by atoms with E-state index in [1.165, 1.54) is 5.56 Å². The molecule has 0 saturated carbocycles. The van der Waals surface area contributed by atoms with Crippen molar-refractivity contribution >= 4 is 5.91 Å². The van der Waals surface area contributed by atoms with E-state index in [9.17, 15) is 4.79 Å². The van der Waals surface area contributed by atoms with Crippen molar-refractivity contribution < 1.29 is 14.3 Å². The van der Waals surface area contributed by atoms with E-state index in [0.717, 1.165) is 54.4 Å². The molecule has 0 spiro atoms. The number of amides is 1. The molecule has 33 heavy (non-hydrogen) atoms. The Labute approximate surface area is 195 Å². The zero-order valence-electron chi connectivity index (χ0n) is 19.7. The van der Waals surface area contributed by atoms with Gasteiger partial charge in [-0.1, -0.05) is 37.3 Å². The third kappa shape index (κ3) is 5.20. The summed E-state index contributed by atoms with van der Waals surface area (Å²) in [5, 5.41) is 4.54. The molecule has 1 aliphatic heterocycles. The van der Waals surface area contributed by atoms with E-state index < -0.39 is 0 Å². The summed E-state index contributed by atoms with van der Waals surface area (Å²) in [6.07, 6.45) is 2.50. The number of piperazine rings is 1. The van der Waals surface area contributed by atoms with Gasteiger partial charge in [0.1, 0.15) is 11.5 Å². The van der Waals surface area contributed by atoms with Gasteiger partial charge in [0, 0.05) is 38.3 Å². The fourth-order valence-electron chi connectivity index (χ4n) is 4.38. The number of ether oxygens (including phenoxy) is 2. The molecule has 2 heterocycles. The number of rotatable bonds is 8. The van der Waals surface area contributed by atoms with Crippen LogP contribution in [-0.4, -0.2) is 65.9 Å². The lowest BCUT2D eigenvalue weighted by molar-refractivity contribution is 0.0626. The van der Waals surface area contributed by atoms with Crippen molar-refractivity contribution in [2.75, 3.05) is 40.4 Å². The smallest absolute Gasteiger partial charge is 0.257 e. The number of carbonyl (C=O) groups excluding carboxylic acids is 1. The van der Waals surface area contributed by atoms with Crippen LogP contribution in [0.25, 0.3) is 0 Å². The van der Waals surface area contributed by atoms with Crippen molar-refractivity contribution in [2.24, 2.45) is 0 Å². The number of carbonyl (C=O) groups is 1. The van der Waals surface area contributed by atoms with Crippen LogP contribution in [0.2, 0.25) is 0 Å². The molecule has 0 bridgehead atoms. The molecule has 7 nitrogen and oxygen atoms in total. The van der Waals surface area contributed by atoms with Crippen LogP contribution in [0, 0.1) is 0 Å². The molecule has 1 amide bonds. The predicted molar refractivity (Wildman–Crippen MR) is 128 cm³/mol. The monoisotopic (exact) mass is 448 g/mol. The van der Waals surface area contributed by atoms with Gasteiger partial charge >= 0.3 is 0 Å². The molecule has 0 radical (unpaired) electrons. The molecule has 2 aromatic carbocycles. The Kier molecular flexibility index (Phi) is 7.29. The Hall–Kier alpha value is -3.32. The minimum Gasteiger partial charge on any atom is -0.497 e. The number of aromatic nitrogens is 2. The Balaban J connectivity index is 1.40. The lowest BCUT2D eigenvalue weighted by Crippen LogP contribution is -2.48. The van der Waals surface area contributed by atoms with Crippen LogP contribution >= 0.6 is 0 Å². The fraction of sp³-hybridized carbons (Fsp3) is 0.385. The highest BCUT2D eigenvalue weighted by molar-refractivity contribution is 5.95. The van der Waals surface area contributed by atoms with Crippen molar-refractivity contribution in [3.05, 3.63) is 77.1 Å². The van der Waals surface area contributed by atoms with Crippen molar-refractivity contribution in [1.29, 1.82) is 0 Å². The maximum atomic E-state index is 13.3. The third-order valence-electron chi connectivity index (χ3n) is 6.23. The summed E-state index contributed by atoms with van der Waals surface area (Å²) in [7, 11) is 3.35. The highest BCUT2D eigenvalue weighted by Gasteiger charge is 2.26. The first kappa shape index (κ1) is 22.9. The van der Waals surface area contributed by atoms with E-state index in [1.807, 2.05) is 46.0 Å². The van der Waals surface area contributed by atoms with Crippen LogP contribution in [0.15, 0.2) is 54.7 Å². The Bertz CT molecular complexity index is 1070. The minimum absolute atomic E-state index is 0.0739. The number of nitrogens with zero attached hydrogens (tertiary/aromatic N) is 4. The first-order chi connectivity index (χ1) is 16.1. The SMILES string of the molecule is CCc1c(C(=O)N2CCN(Cc3cc(OC)ccc3OC)CC2)cnn1Cc1ccccc1. The van der Waals surface area contributed by atoms with Crippen molar-refractivity contribution in [3.63, 3.8) is 0 Å². The van der Waals surface area contributed by atoms with Gasteiger partial charge in [0.05, 0.1) is 38.2 Å². The molecule has 7 heteroatoms. The van der Waals surface area contributed by atoms with E-state index >= 15 is 0 Å². The Morgan fingerprint density at radius 1 is 0.970 bits per heavy atom. The number of benzene rings is 2. The number of methoxy groups -OCH3 is 2. The molecule has 1 fully saturated rings. The van der Waals surface area contributed by atoms with Crippen LogP contribution in [0.1, 0.15) is 34.1 Å². The number of hydrogen-bond donors (Lipinski definition) is 0. The van der Waals surface area contributed by atoms with Gasteiger partial charge in [-0.15, -0.1) is 0 Å². The van der Waals surface area contributed by atoms with E-state index in [4.69, 9.17) is 9.47 Å². The van der Waals surface area contributed by atoms with Gasteiger partial charge in [-0.25, -0.2) is 0 Å². The second kappa shape index (κ2) is 10.5. The standard InChI is InChI=1S/C26H32N4O3/c1-4-24-23(17-27-30(24)18-20-8-6-5-7-9-20)26(31)29-14-12-28(13-15-29)19-21-16-22(32-2)10-11-25(21)33-3/h5-11,16-17H,4,12-15,18-19H2,1-3H3. The van der Waals surface area contributed by atoms with Gasteiger partial charge in [0.25, 0.3) is 5.91 Å². The highest BCUT2D eigenvalue weighted by Crippen LogP contribution is 2.26. The molecule has 0 aliphatic carbocycles. The zero-order valence-corrected chi connectivity index (χ0v) is 19.7. The lowest BCUT2D eigenvalue weighted by atomic mass is 10.1. The maximum absolute atomic E-state index is 13.3. The van der Waals surface area contributed by atoms with Crippen molar-refractivity contribution in [3.8, 4) is 11.5 Å². The lowest BCUT2D eigenvalue weighted by Gasteiger charge is -2.35. The summed E-state index contributed by atoms with van der Waals surface area (Å²) < 4.78 is 12.8. The van der Waals surface area contributed by atoms with E-state index in [0.29, 0.717) is 19.6 Å². The molecule has 1 aromatic heterocycles. The summed E-state index contributed by atoms with van der Waals surface area (Å²) >= 11 is 0. The van der Waals surface area contributed by atoms with Crippen molar-refractivity contribution in [1.82, 2.24) is 19.6 Å². The largest absolute Gasteiger partial charge is 0.497 e. The zero-order chi connectivity index (χ0) is 23.2. The van der Waals surface area contributed by atoms with Gasteiger partial charge < -0.3 is 14.4 Å². The van der Waals surface area contributed by atoms with Gasteiger partial charge in [-0.05, 0) is 30.2 Å². The molecule has 0 unspecified atom stereocenters. The van der Waals surface area contributed by atoms with E-state index in [-0.39, 0.29) is 5.91 Å². The molecule has 3 aromatic rings. The summed E-state index contributed by atoms with van der Waals surface area (Å²) in [5.74, 6) is 1.75. The van der Waals surface area contributed by atoms with E-state index in [2.05, 4.69) is 29.1 Å². The average Bonchev–Trinajstić information content (AvgIpc) is 3.27. The summed E-state index contributed by atoms with van der Waals surface area (Å²) in [6.45, 7) is 6.52. The topological polar surface area (TPSA) is 59.8 Å². The minimum atomic E-state index is 0.0739. The first-order valence-electron chi connectivity index (χ1n) is 11.4. The van der Waals surface area contributed by atoms with Gasteiger partial charge in [0.15, 0.2) is 0 Å². The second-order valence-corrected chi connectivity index (χ2v) is 8.25. The fourth-order valence-corrected chi connectivity index (χ4v) is 4.38.